The topological polar surface area (TPSA) is 57.8 Å². The Bertz CT molecular complexity index is 921. The van der Waals surface area contributed by atoms with Gasteiger partial charge in [0.1, 0.15) is 5.69 Å². The van der Waals surface area contributed by atoms with E-state index in [1.807, 2.05) is 72.8 Å². The van der Waals surface area contributed by atoms with E-state index < -0.39 is 0 Å². The number of pyridine rings is 1. The average Bonchev–Trinajstić information content (AvgIpc) is 3.12. The molecule has 25 heavy (non-hydrogen) atoms. The summed E-state index contributed by atoms with van der Waals surface area (Å²) in [6.07, 6.45) is 1.72. The number of H-pyrrole nitrogens is 1. The maximum Gasteiger partial charge on any atom is 0.268 e. The number of aromatic nitrogens is 2. The second-order valence-electron chi connectivity index (χ2n) is 5.85. The van der Waals surface area contributed by atoms with Crippen LogP contribution in [-0.2, 0) is 0 Å². The molecular formula is C21H17N3O. The highest BCUT2D eigenvalue weighted by Crippen LogP contribution is 2.22. The molecule has 0 fully saturated rings. The molecule has 2 heterocycles. The van der Waals surface area contributed by atoms with Gasteiger partial charge in [0.05, 0.1) is 17.1 Å². The van der Waals surface area contributed by atoms with Crippen molar-refractivity contribution in [2.45, 2.75) is 6.04 Å². The zero-order valence-corrected chi connectivity index (χ0v) is 13.5. The van der Waals surface area contributed by atoms with Gasteiger partial charge in [0.25, 0.3) is 5.91 Å². The molecule has 0 aliphatic rings. The summed E-state index contributed by atoms with van der Waals surface area (Å²) >= 11 is 0. The number of carbonyl (C=O) groups excluding carboxylic acids is 1. The molecule has 2 N–H and O–H groups in total. The summed E-state index contributed by atoms with van der Waals surface area (Å²) in [7, 11) is 0. The van der Waals surface area contributed by atoms with Crippen LogP contribution < -0.4 is 5.32 Å². The predicted molar refractivity (Wildman–Crippen MR) is 98.3 cm³/mol. The number of benzene rings is 2. The van der Waals surface area contributed by atoms with Gasteiger partial charge in [0.2, 0.25) is 0 Å². The van der Waals surface area contributed by atoms with Gasteiger partial charge in [-0.3, -0.25) is 9.78 Å². The first kappa shape index (κ1) is 15.1. The molecule has 0 radical (unpaired) electrons. The smallest absolute Gasteiger partial charge is 0.268 e. The molecule has 122 valence electrons. The number of hydrogen-bond donors (Lipinski definition) is 2. The molecule has 0 aliphatic carbocycles. The standard InChI is InChI=1S/C21H17N3O/c25-21(19-14-18-17(23-19)12-7-13-22-18)24-20(15-8-3-1-4-9-15)16-10-5-2-6-11-16/h1-14,20,23H,(H,24,25). The fourth-order valence-corrected chi connectivity index (χ4v) is 2.94. The molecule has 0 spiro atoms. The number of amides is 1. The number of nitrogens with one attached hydrogen (secondary N) is 2. The van der Waals surface area contributed by atoms with Crippen molar-refractivity contribution in [3.8, 4) is 0 Å². The molecule has 4 aromatic rings. The third kappa shape index (κ3) is 3.15. The van der Waals surface area contributed by atoms with Crippen LogP contribution >= 0.6 is 0 Å². The van der Waals surface area contributed by atoms with Crippen molar-refractivity contribution >= 4 is 16.9 Å². The van der Waals surface area contributed by atoms with Gasteiger partial charge >= 0.3 is 0 Å². The van der Waals surface area contributed by atoms with Gasteiger partial charge < -0.3 is 10.3 Å². The van der Waals surface area contributed by atoms with Crippen LogP contribution in [0.25, 0.3) is 11.0 Å². The summed E-state index contributed by atoms with van der Waals surface area (Å²) in [4.78, 5) is 20.2. The molecule has 4 rings (SSSR count). The summed E-state index contributed by atoms with van der Waals surface area (Å²) in [6, 6.07) is 25.2. The third-order valence-electron chi connectivity index (χ3n) is 4.17. The summed E-state index contributed by atoms with van der Waals surface area (Å²) < 4.78 is 0. The minimum absolute atomic E-state index is 0.157. The lowest BCUT2D eigenvalue weighted by Crippen LogP contribution is -2.29. The number of nitrogens with zero attached hydrogens (tertiary/aromatic N) is 1. The number of fused-ring (bicyclic) bond motifs is 1. The van der Waals surface area contributed by atoms with E-state index in [9.17, 15) is 4.79 Å². The predicted octanol–water partition coefficient (Wildman–Crippen LogP) is 4.08. The van der Waals surface area contributed by atoms with E-state index in [-0.39, 0.29) is 11.9 Å². The normalized spacial score (nSPS) is 10.9. The van der Waals surface area contributed by atoms with Gasteiger partial charge in [-0.05, 0) is 29.3 Å². The van der Waals surface area contributed by atoms with Gasteiger partial charge in [-0.15, -0.1) is 0 Å². The maximum atomic E-state index is 12.8. The van der Waals surface area contributed by atoms with Crippen molar-refractivity contribution in [3.63, 3.8) is 0 Å². The lowest BCUT2D eigenvalue weighted by atomic mass is 9.98. The van der Waals surface area contributed by atoms with E-state index in [1.165, 1.54) is 0 Å². The van der Waals surface area contributed by atoms with Crippen LogP contribution in [0.1, 0.15) is 27.7 Å². The third-order valence-corrected chi connectivity index (χ3v) is 4.17. The first-order valence-electron chi connectivity index (χ1n) is 8.16. The van der Waals surface area contributed by atoms with Gasteiger partial charge in [-0.2, -0.15) is 0 Å². The largest absolute Gasteiger partial charge is 0.349 e. The Balaban J connectivity index is 1.67. The molecule has 0 aliphatic heterocycles. The molecular weight excluding hydrogens is 310 g/mol. The van der Waals surface area contributed by atoms with E-state index in [2.05, 4.69) is 15.3 Å². The molecule has 2 aromatic carbocycles. The molecule has 0 bridgehead atoms. The molecule has 0 saturated carbocycles. The molecule has 0 saturated heterocycles. The fraction of sp³-hybridized carbons (Fsp3) is 0.0476. The van der Waals surface area contributed by atoms with E-state index in [0.717, 1.165) is 22.2 Å². The van der Waals surface area contributed by atoms with Gasteiger partial charge in [-0.1, -0.05) is 60.7 Å². The summed E-state index contributed by atoms with van der Waals surface area (Å²) in [5.74, 6) is -0.157. The van der Waals surface area contributed by atoms with Crippen LogP contribution in [0.4, 0.5) is 0 Å². The zero-order valence-electron chi connectivity index (χ0n) is 13.5. The molecule has 2 aromatic heterocycles. The first-order valence-corrected chi connectivity index (χ1v) is 8.16. The Hall–Kier alpha value is -3.40. The van der Waals surface area contributed by atoms with Crippen LogP contribution in [-0.4, -0.2) is 15.9 Å². The highest BCUT2D eigenvalue weighted by molar-refractivity contribution is 5.97. The molecule has 0 atom stereocenters. The van der Waals surface area contributed by atoms with Crippen molar-refractivity contribution in [3.05, 3.63) is 102 Å². The minimum Gasteiger partial charge on any atom is -0.349 e. The van der Waals surface area contributed by atoms with Gasteiger partial charge in [0.15, 0.2) is 0 Å². The Morgan fingerprint density at radius 1 is 0.880 bits per heavy atom. The van der Waals surface area contributed by atoms with Gasteiger partial charge in [-0.25, -0.2) is 0 Å². The number of rotatable bonds is 4. The summed E-state index contributed by atoms with van der Waals surface area (Å²) in [6.45, 7) is 0. The van der Waals surface area contributed by atoms with Crippen LogP contribution in [0.3, 0.4) is 0 Å². The lowest BCUT2D eigenvalue weighted by Gasteiger charge is -2.19. The summed E-state index contributed by atoms with van der Waals surface area (Å²) in [5.41, 5.74) is 4.21. The van der Waals surface area contributed by atoms with Gasteiger partial charge in [0, 0.05) is 6.20 Å². The number of aromatic amines is 1. The maximum absolute atomic E-state index is 12.8. The molecule has 0 unspecified atom stereocenters. The fourth-order valence-electron chi connectivity index (χ4n) is 2.94. The van der Waals surface area contributed by atoms with Crippen molar-refractivity contribution in [1.29, 1.82) is 0 Å². The monoisotopic (exact) mass is 327 g/mol. The lowest BCUT2D eigenvalue weighted by molar-refractivity contribution is 0.0939. The van der Waals surface area contributed by atoms with Crippen LogP contribution in [0, 0.1) is 0 Å². The van der Waals surface area contributed by atoms with Crippen molar-refractivity contribution in [1.82, 2.24) is 15.3 Å². The highest BCUT2D eigenvalue weighted by Gasteiger charge is 2.18. The van der Waals surface area contributed by atoms with Crippen molar-refractivity contribution in [2.75, 3.05) is 0 Å². The SMILES string of the molecule is O=C(NC(c1ccccc1)c1ccccc1)c1cc2ncccc2[nH]1. The van der Waals surface area contributed by atoms with Crippen molar-refractivity contribution in [2.24, 2.45) is 0 Å². The Morgan fingerprint density at radius 3 is 2.12 bits per heavy atom. The zero-order chi connectivity index (χ0) is 17.1. The van der Waals surface area contributed by atoms with Crippen LogP contribution in [0.2, 0.25) is 0 Å². The van der Waals surface area contributed by atoms with Crippen LogP contribution in [0.15, 0.2) is 85.1 Å². The van der Waals surface area contributed by atoms with Crippen molar-refractivity contribution < 1.29 is 4.79 Å². The Labute approximate surface area is 145 Å². The summed E-state index contributed by atoms with van der Waals surface area (Å²) in [5, 5.41) is 3.13. The Kier molecular flexibility index (Phi) is 4.01. The van der Waals surface area contributed by atoms with E-state index in [1.54, 1.807) is 12.3 Å². The quantitative estimate of drug-likeness (QED) is 0.593. The molecule has 4 heteroatoms. The molecule has 4 nitrogen and oxygen atoms in total. The number of carbonyl (C=O) groups is 1. The van der Waals surface area contributed by atoms with E-state index in [4.69, 9.17) is 0 Å². The second-order valence-corrected chi connectivity index (χ2v) is 5.85. The van der Waals surface area contributed by atoms with E-state index in [0.29, 0.717) is 5.69 Å². The van der Waals surface area contributed by atoms with Crippen LogP contribution in [0.5, 0.6) is 0 Å². The van der Waals surface area contributed by atoms with E-state index >= 15 is 0 Å². The average molecular weight is 327 g/mol. The highest BCUT2D eigenvalue weighted by atomic mass is 16.1. The number of hydrogen-bond acceptors (Lipinski definition) is 2. The first-order chi connectivity index (χ1) is 12.3. The Morgan fingerprint density at radius 2 is 1.52 bits per heavy atom. The minimum atomic E-state index is -0.214. The molecule has 1 amide bonds. The second kappa shape index (κ2) is 6.61.